The number of benzene rings is 2. The molecular weight excluding hydrogens is 456 g/mol. The first-order valence-corrected chi connectivity index (χ1v) is 12.4. The van der Waals surface area contributed by atoms with Gasteiger partial charge in [0.05, 0.1) is 30.1 Å². The highest BCUT2D eigenvalue weighted by Gasteiger charge is 2.32. The Hall–Kier alpha value is -2.65. The summed E-state index contributed by atoms with van der Waals surface area (Å²) >= 11 is 6.20. The van der Waals surface area contributed by atoms with Crippen LogP contribution in [-0.2, 0) is 14.8 Å². The fraction of sp³-hybridized carbons (Fsp3) is 0.409. The zero-order valence-electron chi connectivity index (χ0n) is 18.4. The lowest BCUT2D eigenvalue weighted by atomic mass is 10.1. The van der Waals surface area contributed by atoms with E-state index in [1.165, 1.54) is 13.2 Å². The van der Waals surface area contributed by atoms with Crippen molar-refractivity contribution in [3.05, 3.63) is 47.0 Å². The molecule has 0 radical (unpaired) electrons. The van der Waals surface area contributed by atoms with Gasteiger partial charge < -0.3 is 19.5 Å². The lowest BCUT2D eigenvalue weighted by molar-refractivity contribution is -0.122. The van der Waals surface area contributed by atoms with Crippen molar-refractivity contribution in [2.24, 2.45) is 0 Å². The highest BCUT2D eigenvalue weighted by Crippen LogP contribution is 2.34. The minimum absolute atomic E-state index is 0.249. The van der Waals surface area contributed by atoms with Crippen molar-refractivity contribution in [1.82, 2.24) is 5.32 Å². The summed E-state index contributed by atoms with van der Waals surface area (Å²) in [6.07, 6.45) is 1.32. The van der Waals surface area contributed by atoms with Crippen LogP contribution in [0, 0.1) is 0 Å². The van der Waals surface area contributed by atoms with Gasteiger partial charge in [-0.05, 0) is 49.2 Å². The zero-order valence-corrected chi connectivity index (χ0v) is 20.0. The Labute approximate surface area is 193 Å². The lowest BCUT2D eigenvalue weighted by Gasteiger charge is -2.31. The third-order valence-electron chi connectivity index (χ3n) is 5.14. The van der Waals surface area contributed by atoms with Gasteiger partial charge in [0.15, 0.2) is 11.5 Å². The molecule has 0 unspecified atom stereocenters. The maximum Gasteiger partial charge on any atom is 0.244 e. The third kappa shape index (κ3) is 5.21. The number of fused-ring (bicyclic) bond motifs is 1. The molecule has 0 aliphatic carbocycles. The number of anilines is 1. The molecule has 1 aliphatic rings. The summed E-state index contributed by atoms with van der Waals surface area (Å²) in [4.78, 5) is 13.2. The largest absolute Gasteiger partial charge is 0.495 e. The number of ether oxygens (including phenoxy) is 3. The molecule has 1 aliphatic heterocycles. The van der Waals surface area contributed by atoms with Gasteiger partial charge in [-0.1, -0.05) is 24.6 Å². The van der Waals surface area contributed by atoms with E-state index in [0.29, 0.717) is 30.5 Å². The zero-order chi connectivity index (χ0) is 23.5. The van der Waals surface area contributed by atoms with E-state index in [4.69, 9.17) is 25.8 Å². The molecular formula is C22H27ClN2O6S. The van der Waals surface area contributed by atoms with Gasteiger partial charge in [0.25, 0.3) is 0 Å². The molecule has 0 saturated heterocycles. The van der Waals surface area contributed by atoms with Crippen LogP contribution in [0.2, 0.25) is 5.02 Å². The van der Waals surface area contributed by atoms with Crippen molar-refractivity contribution >= 4 is 33.2 Å². The third-order valence-corrected chi connectivity index (χ3v) is 6.62. The maximum absolute atomic E-state index is 13.2. The van der Waals surface area contributed by atoms with Crippen molar-refractivity contribution in [3.8, 4) is 17.2 Å². The van der Waals surface area contributed by atoms with Crippen molar-refractivity contribution in [2.75, 3.05) is 30.9 Å². The minimum Gasteiger partial charge on any atom is -0.495 e. The number of nitrogens with zero attached hydrogens (tertiary/aromatic N) is 1. The summed E-state index contributed by atoms with van der Waals surface area (Å²) in [5.41, 5.74) is 1.10. The van der Waals surface area contributed by atoms with E-state index in [1.54, 1.807) is 25.1 Å². The first-order chi connectivity index (χ1) is 15.2. The van der Waals surface area contributed by atoms with Crippen LogP contribution < -0.4 is 23.8 Å². The van der Waals surface area contributed by atoms with E-state index in [9.17, 15) is 13.2 Å². The Morgan fingerprint density at radius 3 is 2.47 bits per heavy atom. The van der Waals surface area contributed by atoms with E-state index >= 15 is 0 Å². The topological polar surface area (TPSA) is 94.2 Å². The average Bonchev–Trinajstić information content (AvgIpc) is 2.75. The summed E-state index contributed by atoms with van der Waals surface area (Å²) in [5.74, 6) is 1.26. The highest BCUT2D eigenvalue weighted by molar-refractivity contribution is 7.92. The molecule has 174 valence electrons. The van der Waals surface area contributed by atoms with Crippen LogP contribution in [-0.4, -0.2) is 46.9 Å². The second-order valence-corrected chi connectivity index (χ2v) is 9.70. The van der Waals surface area contributed by atoms with Gasteiger partial charge in [-0.2, -0.15) is 0 Å². The fourth-order valence-electron chi connectivity index (χ4n) is 3.57. The predicted octanol–water partition coefficient (Wildman–Crippen LogP) is 3.54. The molecule has 0 bridgehead atoms. The number of carbonyl (C=O) groups excluding carboxylic acids is 1. The van der Waals surface area contributed by atoms with Gasteiger partial charge in [0.2, 0.25) is 15.9 Å². The number of rotatable bonds is 8. The number of methoxy groups -OCH3 is 1. The van der Waals surface area contributed by atoms with Crippen LogP contribution in [0.1, 0.15) is 31.9 Å². The molecule has 32 heavy (non-hydrogen) atoms. The van der Waals surface area contributed by atoms with Crippen molar-refractivity contribution in [2.45, 2.75) is 32.4 Å². The van der Waals surface area contributed by atoms with E-state index in [0.717, 1.165) is 16.1 Å². The van der Waals surface area contributed by atoms with Crippen LogP contribution in [0.3, 0.4) is 0 Å². The van der Waals surface area contributed by atoms with Gasteiger partial charge in [-0.3, -0.25) is 9.10 Å². The number of hydrogen-bond acceptors (Lipinski definition) is 6. The van der Waals surface area contributed by atoms with Gasteiger partial charge in [0, 0.05) is 0 Å². The lowest BCUT2D eigenvalue weighted by Crippen LogP contribution is -2.49. The van der Waals surface area contributed by atoms with Gasteiger partial charge in [-0.25, -0.2) is 8.42 Å². The number of amides is 1. The average molecular weight is 483 g/mol. The van der Waals surface area contributed by atoms with E-state index in [1.807, 2.05) is 19.1 Å². The first-order valence-electron chi connectivity index (χ1n) is 10.2. The quantitative estimate of drug-likeness (QED) is 0.618. The summed E-state index contributed by atoms with van der Waals surface area (Å²) < 4.78 is 42.7. The smallest absolute Gasteiger partial charge is 0.244 e. The molecule has 0 spiro atoms. The van der Waals surface area contributed by atoms with Crippen LogP contribution in [0.25, 0.3) is 0 Å². The molecule has 0 fully saturated rings. The fourth-order valence-corrected chi connectivity index (χ4v) is 5.03. The Morgan fingerprint density at radius 2 is 1.88 bits per heavy atom. The summed E-state index contributed by atoms with van der Waals surface area (Å²) in [5, 5.41) is 3.16. The van der Waals surface area contributed by atoms with Crippen LogP contribution in [0.4, 0.5) is 5.69 Å². The number of hydrogen-bond donors (Lipinski definition) is 1. The first kappa shape index (κ1) is 24.0. The molecule has 1 amide bonds. The Kier molecular flexibility index (Phi) is 7.40. The second kappa shape index (κ2) is 9.87. The molecule has 3 rings (SSSR count). The molecule has 2 aromatic carbocycles. The van der Waals surface area contributed by atoms with E-state index in [2.05, 4.69) is 5.32 Å². The molecule has 0 saturated carbocycles. The SMILES string of the molecule is CC[C@H](C(=O)N[C@@H](C)c1ccc2c(c1)OCCO2)N(c1ccc(OC)c(Cl)c1)S(C)(=O)=O. The Balaban J connectivity index is 1.85. The molecule has 2 atom stereocenters. The van der Waals surface area contributed by atoms with Crippen LogP contribution in [0.5, 0.6) is 17.2 Å². The predicted molar refractivity (Wildman–Crippen MR) is 123 cm³/mol. The second-order valence-electron chi connectivity index (χ2n) is 7.44. The minimum atomic E-state index is -3.79. The van der Waals surface area contributed by atoms with Gasteiger partial charge >= 0.3 is 0 Å². The van der Waals surface area contributed by atoms with Crippen molar-refractivity contribution < 1.29 is 27.4 Å². The molecule has 8 nitrogen and oxygen atoms in total. The van der Waals surface area contributed by atoms with E-state index in [-0.39, 0.29) is 23.2 Å². The standard InChI is InChI=1S/C22H27ClN2O6S/c1-5-18(25(32(4,27)28)16-7-9-19(29-3)17(23)13-16)22(26)24-14(2)15-6-8-20-21(12-15)31-11-10-30-20/h6-9,12-14,18H,5,10-11H2,1-4H3,(H,24,26)/t14-,18+/m0/s1. The number of carbonyl (C=O) groups is 1. The van der Waals surface area contributed by atoms with E-state index < -0.39 is 22.0 Å². The van der Waals surface area contributed by atoms with Crippen LogP contribution >= 0.6 is 11.6 Å². The van der Waals surface area contributed by atoms with Crippen LogP contribution in [0.15, 0.2) is 36.4 Å². The molecule has 2 aromatic rings. The molecule has 1 heterocycles. The van der Waals surface area contributed by atoms with Crippen molar-refractivity contribution in [1.29, 1.82) is 0 Å². The number of sulfonamides is 1. The Bertz CT molecular complexity index is 1090. The monoisotopic (exact) mass is 482 g/mol. The number of nitrogens with one attached hydrogen (secondary N) is 1. The summed E-state index contributed by atoms with van der Waals surface area (Å²) in [7, 11) is -2.32. The normalized spacial score (nSPS) is 14.9. The molecule has 10 heteroatoms. The summed E-state index contributed by atoms with van der Waals surface area (Å²) in [6, 6.07) is 8.72. The van der Waals surface area contributed by atoms with Crippen molar-refractivity contribution in [3.63, 3.8) is 0 Å². The maximum atomic E-state index is 13.2. The Morgan fingerprint density at radius 1 is 1.19 bits per heavy atom. The summed E-state index contributed by atoms with van der Waals surface area (Å²) in [6.45, 7) is 4.53. The van der Waals surface area contributed by atoms with Gasteiger partial charge in [-0.15, -0.1) is 0 Å². The molecule has 0 aromatic heterocycles. The molecule has 1 N–H and O–H groups in total. The number of halogens is 1. The van der Waals surface area contributed by atoms with Gasteiger partial charge in [0.1, 0.15) is 25.0 Å². The highest BCUT2D eigenvalue weighted by atomic mass is 35.5.